The van der Waals surface area contributed by atoms with E-state index in [9.17, 15) is 9.50 Å². The molecule has 0 amide bonds. The van der Waals surface area contributed by atoms with Crippen LogP contribution in [0, 0.1) is 5.82 Å². The molecule has 1 N–H and O–H groups in total. The molecule has 84 valence electrons. The maximum absolute atomic E-state index is 13.0. The van der Waals surface area contributed by atoms with Crippen LogP contribution in [0.1, 0.15) is 17.2 Å². The lowest BCUT2D eigenvalue weighted by Gasteiger charge is -2.11. The third kappa shape index (κ3) is 2.14. The Bertz CT molecular complexity index is 512. The Morgan fingerprint density at radius 1 is 1.31 bits per heavy atom. The number of hydrogen-bond acceptors (Lipinski definition) is 2. The molecule has 1 aromatic carbocycles. The predicted octanol–water partition coefficient (Wildman–Crippen LogP) is 3.92. The number of hydrogen-bond donors (Lipinski definition) is 1. The fraction of sp³-hybridized carbons (Fsp3) is 0.0909. The maximum Gasteiger partial charge on any atom is 0.175 e. The Kier molecular flexibility index (Phi) is 3.33. The molecule has 2 nitrogen and oxygen atoms in total. The van der Waals surface area contributed by atoms with Crippen molar-refractivity contribution in [2.24, 2.45) is 0 Å². The molecule has 16 heavy (non-hydrogen) atoms. The topological polar surface area (TPSA) is 33.4 Å². The molecule has 1 aromatic heterocycles. The van der Waals surface area contributed by atoms with Gasteiger partial charge in [-0.15, -0.1) is 0 Å². The summed E-state index contributed by atoms with van der Waals surface area (Å²) in [5.74, 6) is -0.446. The van der Waals surface area contributed by atoms with E-state index >= 15 is 0 Å². The van der Waals surface area contributed by atoms with E-state index in [0.717, 1.165) is 0 Å². The largest absolute Gasteiger partial charge is 0.457 e. The van der Waals surface area contributed by atoms with Crippen molar-refractivity contribution in [3.8, 4) is 0 Å². The summed E-state index contributed by atoms with van der Waals surface area (Å²) in [5, 5.41) is 10.3. The highest BCUT2D eigenvalue weighted by Crippen LogP contribution is 2.33. The van der Waals surface area contributed by atoms with Crippen molar-refractivity contribution in [1.82, 2.24) is 0 Å². The van der Waals surface area contributed by atoms with Gasteiger partial charge in [0.25, 0.3) is 0 Å². The molecule has 0 aliphatic rings. The minimum atomic E-state index is -1.02. The third-order valence-corrected chi connectivity index (χ3v) is 3.18. The molecule has 2 aromatic rings. The molecule has 0 aliphatic heterocycles. The summed E-state index contributed by atoms with van der Waals surface area (Å²) in [5.41, 5.74) is 0.816. The van der Waals surface area contributed by atoms with Crippen LogP contribution in [0.2, 0.25) is 5.02 Å². The van der Waals surface area contributed by atoms with Crippen molar-refractivity contribution in [2.75, 3.05) is 0 Å². The number of aliphatic hydroxyl groups is 1. The molecule has 0 aliphatic carbocycles. The molecule has 0 spiro atoms. The highest BCUT2D eigenvalue weighted by Gasteiger charge is 2.19. The summed E-state index contributed by atoms with van der Waals surface area (Å²) < 4.78 is 18.4. The van der Waals surface area contributed by atoms with E-state index in [1.165, 1.54) is 24.5 Å². The van der Waals surface area contributed by atoms with Gasteiger partial charge in [-0.05, 0) is 40.2 Å². The van der Waals surface area contributed by atoms with E-state index in [1.54, 1.807) is 6.07 Å². The van der Waals surface area contributed by atoms with Gasteiger partial charge in [-0.3, -0.25) is 0 Å². The number of rotatable bonds is 2. The highest BCUT2D eigenvalue weighted by atomic mass is 79.9. The van der Waals surface area contributed by atoms with Gasteiger partial charge in [-0.25, -0.2) is 4.39 Å². The normalized spacial score (nSPS) is 12.8. The Morgan fingerprint density at radius 3 is 2.69 bits per heavy atom. The lowest BCUT2D eigenvalue weighted by atomic mass is 10.0. The molecule has 1 atom stereocenters. The van der Waals surface area contributed by atoms with Gasteiger partial charge in [-0.2, -0.15) is 0 Å². The first-order valence-corrected chi connectivity index (χ1v) is 5.62. The summed E-state index contributed by atoms with van der Waals surface area (Å²) in [6.45, 7) is 0. The second kappa shape index (κ2) is 4.57. The van der Waals surface area contributed by atoms with E-state index in [0.29, 0.717) is 20.8 Å². The van der Waals surface area contributed by atoms with Crippen molar-refractivity contribution >= 4 is 27.5 Å². The molecule has 0 bridgehead atoms. The minimum absolute atomic E-state index is 0.307. The van der Waals surface area contributed by atoms with E-state index in [4.69, 9.17) is 16.0 Å². The molecule has 0 saturated carbocycles. The minimum Gasteiger partial charge on any atom is -0.457 e. The van der Waals surface area contributed by atoms with Crippen LogP contribution < -0.4 is 0 Å². The second-order valence-electron chi connectivity index (χ2n) is 3.22. The van der Waals surface area contributed by atoms with Crippen molar-refractivity contribution in [2.45, 2.75) is 6.10 Å². The van der Waals surface area contributed by atoms with Gasteiger partial charge in [0.05, 0.1) is 6.26 Å². The zero-order valence-electron chi connectivity index (χ0n) is 7.95. The van der Waals surface area contributed by atoms with Crippen LogP contribution in [0.5, 0.6) is 0 Å². The van der Waals surface area contributed by atoms with Crippen molar-refractivity contribution in [1.29, 1.82) is 0 Å². The summed E-state index contributed by atoms with van der Waals surface area (Å²) in [7, 11) is 0. The SMILES string of the molecule is OC(c1cc(F)ccc1Cl)c1ccoc1Br. The predicted molar refractivity (Wildman–Crippen MR) is 61.9 cm³/mol. The smallest absolute Gasteiger partial charge is 0.175 e. The van der Waals surface area contributed by atoms with Crippen molar-refractivity contribution < 1.29 is 13.9 Å². The van der Waals surface area contributed by atoms with Crippen LogP contribution in [-0.4, -0.2) is 5.11 Å². The monoisotopic (exact) mass is 304 g/mol. The van der Waals surface area contributed by atoms with Gasteiger partial charge < -0.3 is 9.52 Å². The number of furan rings is 1. The first-order valence-electron chi connectivity index (χ1n) is 4.45. The second-order valence-corrected chi connectivity index (χ2v) is 4.35. The van der Waals surface area contributed by atoms with Gasteiger partial charge in [0.15, 0.2) is 4.67 Å². The third-order valence-electron chi connectivity index (χ3n) is 2.19. The molecule has 1 unspecified atom stereocenters. The summed E-state index contributed by atoms with van der Waals surface area (Å²) in [4.78, 5) is 0. The molecule has 0 radical (unpaired) electrons. The molecular formula is C11H7BrClFO2. The fourth-order valence-electron chi connectivity index (χ4n) is 1.39. The van der Waals surface area contributed by atoms with Crippen LogP contribution in [0.3, 0.4) is 0 Å². The van der Waals surface area contributed by atoms with Gasteiger partial charge in [0, 0.05) is 16.1 Å². The lowest BCUT2D eigenvalue weighted by Crippen LogP contribution is -2.00. The zero-order chi connectivity index (χ0) is 11.7. The molecule has 0 fully saturated rings. The standard InChI is InChI=1S/C11H7BrClFO2/c12-11-7(3-4-16-11)10(15)8-5-6(14)1-2-9(8)13/h1-5,10,15H. The van der Waals surface area contributed by atoms with E-state index in [1.807, 2.05) is 0 Å². The highest BCUT2D eigenvalue weighted by molar-refractivity contribution is 9.10. The average Bonchev–Trinajstić information content (AvgIpc) is 2.67. The van der Waals surface area contributed by atoms with E-state index in [-0.39, 0.29) is 0 Å². The maximum atomic E-state index is 13.0. The number of benzene rings is 1. The van der Waals surface area contributed by atoms with Gasteiger partial charge >= 0.3 is 0 Å². The zero-order valence-corrected chi connectivity index (χ0v) is 10.3. The summed E-state index contributed by atoms with van der Waals surface area (Å²) in [6.07, 6.45) is 0.409. The molecule has 0 saturated heterocycles. The Morgan fingerprint density at radius 2 is 2.06 bits per heavy atom. The Labute approximate surface area is 105 Å². The Hall–Kier alpha value is -0.840. The molecule has 2 rings (SSSR count). The van der Waals surface area contributed by atoms with E-state index in [2.05, 4.69) is 15.9 Å². The Balaban J connectivity index is 2.45. The summed E-state index contributed by atoms with van der Waals surface area (Å²) >= 11 is 9.03. The van der Waals surface area contributed by atoms with Gasteiger partial charge in [0.1, 0.15) is 11.9 Å². The number of aliphatic hydroxyl groups excluding tert-OH is 1. The first-order chi connectivity index (χ1) is 7.59. The van der Waals surface area contributed by atoms with Crippen LogP contribution in [0.25, 0.3) is 0 Å². The average molecular weight is 306 g/mol. The number of halogens is 3. The molecule has 5 heteroatoms. The van der Waals surface area contributed by atoms with Crippen molar-refractivity contribution in [3.63, 3.8) is 0 Å². The lowest BCUT2D eigenvalue weighted by molar-refractivity contribution is 0.217. The quantitative estimate of drug-likeness (QED) is 0.912. The van der Waals surface area contributed by atoms with Crippen LogP contribution in [0.15, 0.2) is 39.6 Å². The first kappa shape index (κ1) is 11.6. The van der Waals surface area contributed by atoms with Crippen LogP contribution >= 0.6 is 27.5 Å². The van der Waals surface area contributed by atoms with Crippen molar-refractivity contribution in [3.05, 3.63) is 57.2 Å². The van der Waals surface area contributed by atoms with Gasteiger partial charge in [-0.1, -0.05) is 11.6 Å². The van der Waals surface area contributed by atoms with Crippen LogP contribution in [0.4, 0.5) is 4.39 Å². The van der Waals surface area contributed by atoms with Crippen LogP contribution in [-0.2, 0) is 0 Å². The summed E-state index contributed by atoms with van der Waals surface area (Å²) in [6, 6.07) is 5.44. The molecular weight excluding hydrogens is 298 g/mol. The fourth-order valence-corrected chi connectivity index (χ4v) is 2.07. The van der Waals surface area contributed by atoms with E-state index < -0.39 is 11.9 Å². The van der Waals surface area contributed by atoms with Gasteiger partial charge in [0.2, 0.25) is 0 Å². The molecule has 1 heterocycles.